The van der Waals surface area contributed by atoms with E-state index in [-0.39, 0.29) is 0 Å². The first-order valence-corrected chi connectivity index (χ1v) is 5.00. The van der Waals surface area contributed by atoms with Crippen LogP contribution in [0, 0.1) is 0 Å². The minimum atomic E-state index is 0.546. The second-order valence-corrected chi connectivity index (χ2v) is 4.18. The first-order chi connectivity index (χ1) is 5.75. The van der Waals surface area contributed by atoms with Gasteiger partial charge in [-0.1, -0.05) is 11.6 Å². The van der Waals surface area contributed by atoms with Crippen molar-refractivity contribution in [3.05, 3.63) is 21.9 Å². The fraction of sp³-hybridized carbons (Fsp3) is 0.375. The van der Waals surface area contributed by atoms with Crippen molar-refractivity contribution < 1.29 is 0 Å². The lowest BCUT2D eigenvalue weighted by Crippen LogP contribution is -2.01. The Morgan fingerprint density at radius 3 is 3.00 bits per heavy atom. The third kappa shape index (κ3) is 1.90. The second kappa shape index (κ2) is 3.23. The normalized spacial score (nSPS) is 16.2. The smallest absolute Gasteiger partial charge is 0.152 e. The SMILES string of the molecule is Clc1ncc(Br)cc1NC1CC1. The highest BCUT2D eigenvalue weighted by molar-refractivity contribution is 9.10. The summed E-state index contributed by atoms with van der Waals surface area (Å²) in [7, 11) is 0. The Kier molecular flexibility index (Phi) is 2.24. The fourth-order valence-electron chi connectivity index (χ4n) is 0.971. The van der Waals surface area contributed by atoms with Crippen LogP contribution in [0.25, 0.3) is 0 Å². The fourth-order valence-corrected chi connectivity index (χ4v) is 1.46. The van der Waals surface area contributed by atoms with Crippen LogP contribution in [0.15, 0.2) is 16.7 Å². The van der Waals surface area contributed by atoms with Gasteiger partial charge >= 0.3 is 0 Å². The third-order valence-corrected chi connectivity index (χ3v) is 2.48. The predicted octanol–water partition coefficient (Wildman–Crippen LogP) is 3.07. The molecule has 1 aliphatic carbocycles. The minimum absolute atomic E-state index is 0.546. The molecule has 0 unspecified atom stereocenters. The van der Waals surface area contributed by atoms with E-state index >= 15 is 0 Å². The summed E-state index contributed by atoms with van der Waals surface area (Å²) >= 11 is 9.22. The zero-order valence-corrected chi connectivity index (χ0v) is 8.69. The van der Waals surface area contributed by atoms with Crippen molar-refractivity contribution in [2.45, 2.75) is 18.9 Å². The molecular formula is C8H8BrClN2. The summed E-state index contributed by atoms with van der Waals surface area (Å²) in [5.74, 6) is 0. The average molecular weight is 248 g/mol. The van der Waals surface area contributed by atoms with Gasteiger partial charge in [0.2, 0.25) is 0 Å². The summed E-state index contributed by atoms with van der Waals surface area (Å²) in [6.07, 6.45) is 4.17. The summed E-state index contributed by atoms with van der Waals surface area (Å²) in [5.41, 5.74) is 0.925. The summed E-state index contributed by atoms with van der Waals surface area (Å²) < 4.78 is 0.954. The van der Waals surface area contributed by atoms with Crippen molar-refractivity contribution >= 4 is 33.2 Å². The summed E-state index contributed by atoms with van der Waals surface area (Å²) in [4.78, 5) is 4.02. The third-order valence-electron chi connectivity index (χ3n) is 1.74. The molecule has 0 aromatic carbocycles. The number of aromatic nitrogens is 1. The molecule has 1 fully saturated rings. The maximum Gasteiger partial charge on any atom is 0.152 e. The van der Waals surface area contributed by atoms with Gasteiger partial charge in [-0.25, -0.2) is 4.98 Å². The molecule has 0 radical (unpaired) electrons. The Bertz CT molecular complexity index is 299. The van der Waals surface area contributed by atoms with E-state index in [0.29, 0.717) is 11.2 Å². The molecule has 1 heterocycles. The van der Waals surface area contributed by atoms with Gasteiger partial charge in [0, 0.05) is 16.7 Å². The first-order valence-electron chi connectivity index (χ1n) is 3.83. The molecule has 0 atom stereocenters. The van der Waals surface area contributed by atoms with Crippen LogP contribution < -0.4 is 5.32 Å². The number of halogens is 2. The van der Waals surface area contributed by atoms with Gasteiger partial charge in [-0.2, -0.15) is 0 Å². The predicted molar refractivity (Wildman–Crippen MR) is 53.6 cm³/mol. The van der Waals surface area contributed by atoms with E-state index in [2.05, 4.69) is 26.2 Å². The van der Waals surface area contributed by atoms with Crippen molar-refractivity contribution in [1.82, 2.24) is 4.98 Å². The number of hydrogen-bond donors (Lipinski definition) is 1. The number of pyridine rings is 1. The highest BCUT2D eigenvalue weighted by atomic mass is 79.9. The Hall–Kier alpha value is -0.280. The van der Waals surface area contributed by atoms with Gasteiger partial charge in [-0.3, -0.25) is 0 Å². The second-order valence-electron chi connectivity index (χ2n) is 2.91. The van der Waals surface area contributed by atoms with Crippen LogP contribution in [0.5, 0.6) is 0 Å². The Balaban J connectivity index is 2.21. The van der Waals surface area contributed by atoms with Crippen LogP contribution >= 0.6 is 27.5 Å². The van der Waals surface area contributed by atoms with E-state index in [1.54, 1.807) is 6.20 Å². The summed E-state index contributed by atoms with van der Waals surface area (Å²) in [6, 6.07) is 2.56. The Morgan fingerprint density at radius 1 is 1.58 bits per heavy atom. The molecule has 0 spiro atoms. The topological polar surface area (TPSA) is 24.9 Å². The molecule has 64 valence electrons. The highest BCUT2D eigenvalue weighted by Crippen LogP contribution is 2.29. The summed E-state index contributed by atoms with van der Waals surface area (Å²) in [6.45, 7) is 0. The molecule has 2 nitrogen and oxygen atoms in total. The average Bonchev–Trinajstić information content (AvgIpc) is 2.81. The molecule has 4 heteroatoms. The zero-order valence-electron chi connectivity index (χ0n) is 6.35. The van der Waals surface area contributed by atoms with Gasteiger partial charge in [-0.15, -0.1) is 0 Å². The van der Waals surface area contributed by atoms with Crippen LogP contribution in [0.3, 0.4) is 0 Å². The van der Waals surface area contributed by atoms with Gasteiger partial charge in [0.15, 0.2) is 5.15 Å². The minimum Gasteiger partial charge on any atom is -0.380 e. The standard InChI is InChI=1S/C8H8BrClN2/c9-5-3-7(8(10)11-4-5)12-6-1-2-6/h3-4,6,12H,1-2H2. The molecule has 12 heavy (non-hydrogen) atoms. The number of anilines is 1. The lowest BCUT2D eigenvalue weighted by atomic mass is 10.4. The van der Waals surface area contributed by atoms with E-state index in [1.807, 2.05) is 6.07 Å². The molecule has 1 saturated carbocycles. The van der Waals surface area contributed by atoms with E-state index < -0.39 is 0 Å². The van der Waals surface area contributed by atoms with Gasteiger partial charge in [0.05, 0.1) is 5.69 Å². The first kappa shape index (κ1) is 8.32. The van der Waals surface area contributed by atoms with Crippen LogP contribution in [0.4, 0.5) is 5.69 Å². The number of rotatable bonds is 2. The van der Waals surface area contributed by atoms with E-state index in [4.69, 9.17) is 11.6 Å². The Morgan fingerprint density at radius 2 is 2.33 bits per heavy atom. The molecule has 0 saturated heterocycles. The van der Waals surface area contributed by atoms with Crippen molar-refractivity contribution in [3.8, 4) is 0 Å². The van der Waals surface area contributed by atoms with Crippen LogP contribution in [0.1, 0.15) is 12.8 Å². The van der Waals surface area contributed by atoms with Gasteiger partial charge in [0.1, 0.15) is 0 Å². The molecule has 1 aromatic heterocycles. The molecule has 2 rings (SSSR count). The molecule has 1 N–H and O–H groups in total. The van der Waals surface area contributed by atoms with Crippen molar-refractivity contribution in [3.63, 3.8) is 0 Å². The van der Waals surface area contributed by atoms with E-state index in [0.717, 1.165) is 10.2 Å². The summed E-state index contributed by atoms with van der Waals surface area (Å²) in [5, 5.41) is 3.85. The molecule has 0 aliphatic heterocycles. The largest absolute Gasteiger partial charge is 0.380 e. The number of nitrogens with one attached hydrogen (secondary N) is 1. The van der Waals surface area contributed by atoms with Gasteiger partial charge < -0.3 is 5.32 Å². The number of hydrogen-bond acceptors (Lipinski definition) is 2. The quantitative estimate of drug-likeness (QED) is 0.813. The van der Waals surface area contributed by atoms with E-state index in [1.165, 1.54) is 12.8 Å². The maximum atomic E-state index is 5.87. The monoisotopic (exact) mass is 246 g/mol. The zero-order chi connectivity index (χ0) is 8.55. The van der Waals surface area contributed by atoms with Crippen LogP contribution in [-0.4, -0.2) is 11.0 Å². The van der Waals surface area contributed by atoms with Crippen LogP contribution in [-0.2, 0) is 0 Å². The molecule has 1 aliphatic rings. The lowest BCUT2D eigenvalue weighted by Gasteiger charge is -2.05. The highest BCUT2D eigenvalue weighted by Gasteiger charge is 2.21. The van der Waals surface area contributed by atoms with Crippen molar-refractivity contribution in [2.24, 2.45) is 0 Å². The molecule has 0 bridgehead atoms. The number of nitrogens with zero attached hydrogens (tertiary/aromatic N) is 1. The van der Waals surface area contributed by atoms with Gasteiger partial charge in [-0.05, 0) is 34.8 Å². The van der Waals surface area contributed by atoms with Crippen LogP contribution in [0.2, 0.25) is 5.15 Å². The maximum absolute atomic E-state index is 5.87. The molecular weight excluding hydrogens is 239 g/mol. The van der Waals surface area contributed by atoms with E-state index in [9.17, 15) is 0 Å². The van der Waals surface area contributed by atoms with Crippen molar-refractivity contribution in [1.29, 1.82) is 0 Å². The lowest BCUT2D eigenvalue weighted by molar-refractivity contribution is 1.14. The van der Waals surface area contributed by atoms with Gasteiger partial charge in [0.25, 0.3) is 0 Å². The Labute approximate surface area is 84.5 Å². The van der Waals surface area contributed by atoms with Crippen molar-refractivity contribution in [2.75, 3.05) is 5.32 Å². The molecule has 1 aromatic rings. The molecule has 0 amide bonds.